The fourth-order valence-corrected chi connectivity index (χ4v) is 4.40. The summed E-state index contributed by atoms with van der Waals surface area (Å²) in [4.78, 5) is 29.3. The highest BCUT2D eigenvalue weighted by Crippen LogP contribution is 2.32. The second-order valence-electron chi connectivity index (χ2n) is 7.28. The number of hydrogen-bond donors (Lipinski definition) is 1. The predicted molar refractivity (Wildman–Crippen MR) is 106 cm³/mol. The molecule has 2 aliphatic heterocycles. The summed E-state index contributed by atoms with van der Waals surface area (Å²) in [6, 6.07) is 7.87. The molecule has 6 nitrogen and oxygen atoms in total. The van der Waals surface area contributed by atoms with Crippen molar-refractivity contribution in [2.24, 2.45) is 11.7 Å². The van der Waals surface area contributed by atoms with Crippen molar-refractivity contribution < 1.29 is 14.0 Å². The standard InChI is InChI=1S/C20H25N3O3.ClH/c21-9-3-10-23-17-8-11-22(12-14(17)6-7-19(23)24)20(25)16-13-26-18-5-2-1-4-15(16)18;/h1-2,4-5,13-14,17H,3,6-12,21H2;1H/t14-,17+;/m0./s1. The Morgan fingerprint density at radius 1 is 1.26 bits per heavy atom. The molecule has 3 heterocycles. The predicted octanol–water partition coefficient (Wildman–Crippen LogP) is 2.66. The zero-order valence-electron chi connectivity index (χ0n) is 15.3. The second-order valence-corrected chi connectivity index (χ2v) is 7.28. The molecule has 0 spiro atoms. The Balaban J connectivity index is 0.00000210. The van der Waals surface area contributed by atoms with Crippen LogP contribution in [0.2, 0.25) is 0 Å². The van der Waals surface area contributed by atoms with Crippen molar-refractivity contribution in [3.05, 3.63) is 36.1 Å². The molecule has 0 aliphatic carbocycles. The summed E-state index contributed by atoms with van der Waals surface area (Å²) in [6.45, 7) is 2.71. The van der Waals surface area contributed by atoms with E-state index in [-0.39, 0.29) is 30.3 Å². The van der Waals surface area contributed by atoms with Gasteiger partial charge in [-0.2, -0.15) is 0 Å². The van der Waals surface area contributed by atoms with Crippen LogP contribution < -0.4 is 5.73 Å². The number of nitrogens with two attached hydrogens (primary N) is 1. The molecule has 2 N–H and O–H groups in total. The van der Waals surface area contributed by atoms with Gasteiger partial charge in [0.15, 0.2) is 0 Å². The first-order chi connectivity index (χ1) is 12.7. The summed E-state index contributed by atoms with van der Waals surface area (Å²) >= 11 is 0. The van der Waals surface area contributed by atoms with Gasteiger partial charge in [-0.3, -0.25) is 9.59 Å². The number of piperidine rings is 2. The molecule has 0 saturated carbocycles. The molecule has 146 valence electrons. The third kappa shape index (κ3) is 3.69. The normalized spacial score (nSPS) is 22.5. The van der Waals surface area contributed by atoms with Crippen LogP contribution in [0.1, 0.15) is 36.0 Å². The Morgan fingerprint density at radius 2 is 2.07 bits per heavy atom. The average molecular weight is 392 g/mol. The van der Waals surface area contributed by atoms with Gasteiger partial charge in [-0.15, -0.1) is 12.4 Å². The lowest BCUT2D eigenvalue weighted by Gasteiger charge is -2.47. The van der Waals surface area contributed by atoms with E-state index < -0.39 is 0 Å². The van der Waals surface area contributed by atoms with Crippen LogP contribution in [0.3, 0.4) is 0 Å². The molecule has 2 aliphatic rings. The fraction of sp³-hybridized carbons (Fsp3) is 0.500. The highest BCUT2D eigenvalue weighted by atomic mass is 35.5. The van der Waals surface area contributed by atoms with Crippen molar-refractivity contribution in [3.8, 4) is 0 Å². The van der Waals surface area contributed by atoms with E-state index >= 15 is 0 Å². The van der Waals surface area contributed by atoms with Crippen LogP contribution in [0.25, 0.3) is 11.0 Å². The third-order valence-corrected chi connectivity index (χ3v) is 5.75. The largest absolute Gasteiger partial charge is 0.463 e. The van der Waals surface area contributed by atoms with Crippen molar-refractivity contribution in [3.63, 3.8) is 0 Å². The Labute approximate surface area is 165 Å². The number of amides is 2. The van der Waals surface area contributed by atoms with Crippen molar-refractivity contribution in [2.45, 2.75) is 31.7 Å². The van der Waals surface area contributed by atoms with Crippen LogP contribution >= 0.6 is 12.4 Å². The lowest BCUT2D eigenvalue weighted by Crippen LogP contribution is -2.57. The maximum atomic E-state index is 13.0. The molecule has 7 heteroatoms. The van der Waals surface area contributed by atoms with E-state index in [4.69, 9.17) is 10.2 Å². The van der Waals surface area contributed by atoms with Crippen LogP contribution in [-0.2, 0) is 4.79 Å². The number of para-hydroxylation sites is 1. The minimum atomic E-state index is 0. The van der Waals surface area contributed by atoms with Gasteiger partial charge in [-0.25, -0.2) is 0 Å². The molecule has 1 aromatic carbocycles. The van der Waals surface area contributed by atoms with E-state index in [1.807, 2.05) is 34.1 Å². The molecule has 27 heavy (non-hydrogen) atoms. The number of carbonyl (C=O) groups excluding carboxylic acids is 2. The molecule has 4 rings (SSSR count). The van der Waals surface area contributed by atoms with Gasteiger partial charge in [0.25, 0.3) is 5.91 Å². The van der Waals surface area contributed by atoms with Crippen LogP contribution in [0, 0.1) is 5.92 Å². The number of carbonyl (C=O) groups is 2. The first kappa shape index (κ1) is 19.7. The monoisotopic (exact) mass is 391 g/mol. The number of furan rings is 1. The van der Waals surface area contributed by atoms with Crippen LogP contribution in [0.4, 0.5) is 0 Å². The van der Waals surface area contributed by atoms with Gasteiger partial charge < -0.3 is 20.0 Å². The van der Waals surface area contributed by atoms with Crippen LogP contribution in [0.15, 0.2) is 34.9 Å². The first-order valence-corrected chi connectivity index (χ1v) is 9.44. The molecular formula is C20H26ClN3O3. The van der Waals surface area contributed by atoms with E-state index in [0.717, 1.165) is 36.8 Å². The van der Waals surface area contributed by atoms with Crippen LogP contribution in [-0.4, -0.2) is 53.8 Å². The molecule has 0 radical (unpaired) electrons. The number of likely N-dealkylation sites (tertiary alicyclic amines) is 2. The lowest BCUT2D eigenvalue weighted by molar-refractivity contribution is -0.140. The lowest BCUT2D eigenvalue weighted by atomic mass is 9.83. The minimum absolute atomic E-state index is 0. The van der Waals surface area contributed by atoms with Crippen molar-refractivity contribution in [2.75, 3.05) is 26.2 Å². The molecule has 2 saturated heterocycles. The van der Waals surface area contributed by atoms with Gasteiger partial charge in [0.1, 0.15) is 11.8 Å². The molecule has 2 amide bonds. The SMILES string of the molecule is Cl.NCCCN1C(=O)CC[C@H]2CN(C(=O)c3coc4ccccc34)CC[C@H]21. The van der Waals surface area contributed by atoms with E-state index in [1.54, 1.807) is 6.26 Å². The smallest absolute Gasteiger partial charge is 0.257 e. The molecule has 0 bridgehead atoms. The Morgan fingerprint density at radius 3 is 2.89 bits per heavy atom. The summed E-state index contributed by atoms with van der Waals surface area (Å²) in [6.07, 6.45) is 4.67. The molecule has 2 fully saturated rings. The summed E-state index contributed by atoms with van der Waals surface area (Å²) in [5.74, 6) is 0.612. The maximum absolute atomic E-state index is 13.0. The zero-order valence-corrected chi connectivity index (χ0v) is 16.1. The molecule has 0 unspecified atom stereocenters. The number of fused-ring (bicyclic) bond motifs is 2. The van der Waals surface area contributed by atoms with E-state index in [9.17, 15) is 9.59 Å². The Kier molecular flexibility index (Phi) is 6.07. The summed E-state index contributed by atoms with van der Waals surface area (Å²) in [7, 11) is 0. The first-order valence-electron chi connectivity index (χ1n) is 9.44. The van der Waals surface area contributed by atoms with Gasteiger partial charge in [0, 0.05) is 37.5 Å². The van der Waals surface area contributed by atoms with Gasteiger partial charge in [-0.05, 0) is 37.8 Å². The van der Waals surface area contributed by atoms with E-state index in [0.29, 0.717) is 37.5 Å². The highest BCUT2D eigenvalue weighted by molar-refractivity contribution is 6.05. The highest BCUT2D eigenvalue weighted by Gasteiger charge is 2.40. The van der Waals surface area contributed by atoms with Crippen molar-refractivity contribution in [1.29, 1.82) is 0 Å². The molecule has 1 aromatic heterocycles. The third-order valence-electron chi connectivity index (χ3n) is 5.75. The maximum Gasteiger partial charge on any atom is 0.257 e. The quantitative estimate of drug-likeness (QED) is 0.868. The van der Waals surface area contributed by atoms with Gasteiger partial charge in [0.05, 0.1) is 5.56 Å². The molecule has 2 atom stereocenters. The summed E-state index contributed by atoms with van der Waals surface area (Å²) in [5, 5.41) is 0.864. The topological polar surface area (TPSA) is 79.8 Å². The number of rotatable bonds is 4. The fourth-order valence-electron chi connectivity index (χ4n) is 4.40. The van der Waals surface area contributed by atoms with Gasteiger partial charge >= 0.3 is 0 Å². The molecular weight excluding hydrogens is 366 g/mol. The van der Waals surface area contributed by atoms with Crippen LogP contribution in [0.5, 0.6) is 0 Å². The average Bonchev–Trinajstić information content (AvgIpc) is 3.10. The Bertz CT molecular complexity index is 822. The van der Waals surface area contributed by atoms with Crippen molar-refractivity contribution in [1.82, 2.24) is 9.80 Å². The minimum Gasteiger partial charge on any atom is -0.463 e. The zero-order chi connectivity index (χ0) is 18.1. The van der Waals surface area contributed by atoms with E-state index in [2.05, 4.69) is 0 Å². The second kappa shape index (κ2) is 8.31. The summed E-state index contributed by atoms with van der Waals surface area (Å²) in [5.41, 5.74) is 6.99. The van der Waals surface area contributed by atoms with Gasteiger partial charge in [0.2, 0.25) is 5.91 Å². The number of nitrogens with zero attached hydrogens (tertiary/aromatic N) is 2. The number of benzene rings is 1. The Hall–Kier alpha value is -2.05. The van der Waals surface area contributed by atoms with Gasteiger partial charge in [-0.1, -0.05) is 18.2 Å². The number of halogens is 1. The number of hydrogen-bond acceptors (Lipinski definition) is 4. The van der Waals surface area contributed by atoms with Crippen molar-refractivity contribution >= 4 is 35.2 Å². The van der Waals surface area contributed by atoms with E-state index in [1.165, 1.54) is 0 Å². The summed E-state index contributed by atoms with van der Waals surface area (Å²) < 4.78 is 5.53. The molecule has 2 aromatic rings.